The van der Waals surface area contributed by atoms with Crippen LogP contribution in [0.5, 0.6) is 0 Å². The summed E-state index contributed by atoms with van der Waals surface area (Å²) in [4.78, 5) is 0. The van der Waals surface area contributed by atoms with Crippen molar-refractivity contribution >= 4 is 0 Å². The van der Waals surface area contributed by atoms with Crippen molar-refractivity contribution in [1.82, 2.24) is 0 Å². The third-order valence-electron chi connectivity index (χ3n) is 6.69. The highest BCUT2D eigenvalue weighted by Gasteiger charge is 2.37. The highest BCUT2D eigenvalue weighted by atomic mass is 16.7. The standard InChI is InChI=1S/C28H46O4/c1-2-3-4-5-6-11-20-29-25(23-24-14-8-7-9-15-24)18-19-27-26(32-27)16-13-22-31-28-17-10-12-21-30-28/h7-9,14-15,25-28H,2-6,10-13,16-23H2,1H3/t25?,26-,27+,28?/m1/s1. The van der Waals surface area contributed by atoms with Gasteiger partial charge < -0.3 is 18.9 Å². The third-order valence-corrected chi connectivity index (χ3v) is 6.69. The van der Waals surface area contributed by atoms with Crippen LogP contribution >= 0.6 is 0 Å². The van der Waals surface area contributed by atoms with E-state index in [0.717, 1.165) is 58.3 Å². The summed E-state index contributed by atoms with van der Waals surface area (Å²) in [6.45, 7) is 4.80. The molecule has 2 aliphatic heterocycles. The van der Waals surface area contributed by atoms with Crippen LogP contribution in [0.2, 0.25) is 0 Å². The van der Waals surface area contributed by atoms with Gasteiger partial charge in [-0.05, 0) is 63.4 Å². The Morgan fingerprint density at radius 1 is 0.906 bits per heavy atom. The lowest BCUT2D eigenvalue weighted by molar-refractivity contribution is -0.162. The Morgan fingerprint density at radius 2 is 1.72 bits per heavy atom. The highest BCUT2D eigenvalue weighted by Crippen LogP contribution is 2.31. The smallest absolute Gasteiger partial charge is 0.157 e. The summed E-state index contributed by atoms with van der Waals surface area (Å²) in [5.41, 5.74) is 1.37. The molecule has 2 unspecified atom stereocenters. The van der Waals surface area contributed by atoms with Crippen LogP contribution in [-0.4, -0.2) is 44.4 Å². The summed E-state index contributed by atoms with van der Waals surface area (Å²) in [5.74, 6) is 0. The van der Waals surface area contributed by atoms with Crippen LogP contribution in [0, 0.1) is 0 Å². The van der Waals surface area contributed by atoms with Crippen LogP contribution in [0.3, 0.4) is 0 Å². The molecule has 3 rings (SSSR count). The average molecular weight is 447 g/mol. The highest BCUT2D eigenvalue weighted by molar-refractivity contribution is 5.15. The van der Waals surface area contributed by atoms with Crippen LogP contribution < -0.4 is 0 Å². The van der Waals surface area contributed by atoms with E-state index >= 15 is 0 Å². The normalized spacial score (nSPS) is 23.8. The van der Waals surface area contributed by atoms with E-state index in [0.29, 0.717) is 18.3 Å². The molecule has 4 atom stereocenters. The molecule has 0 bridgehead atoms. The van der Waals surface area contributed by atoms with Gasteiger partial charge in [-0.15, -0.1) is 0 Å². The van der Waals surface area contributed by atoms with Gasteiger partial charge >= 0.3 is 0 Å². The predicted molar refractivity (Wildman–Crippen MR) is 130 cm³/mol. The number of epoxide rings is 1. The zero-order valence-electron chi connectivity index (χ0n) is 20.3. The van der Waals surface area contributed by atoms with Gasteiger partial charge in [-0.2, -0.15) is 0 Å². The van der Waals surface area contributed by atoms with Gasteiger partial charge in [0.15, 0.2) is 6.29 Å². The topological polar surface area (TPSA) is 40.2 Å². The van der Waals surface area contributed by atoms with Crippen molar-refractivity contribution in [2.75, 3.05) is 19.8 Å². The number of ether oxygens (including phenoxy) is 4. The van der Waals surface area contributed by atoms with Crippen LogP contribution in [0.25, 0.3) is 0 Å². The number of hydrogen-bond donors (Lipinski definition) is 0. The van der Waals surface area contributed by atoms with Crippen molar-refractivity contribution in [2.24, 2.45) is 0 Å². The first-order chi connectivity index (χ1) is 15.8. The first-order valence-corrected chi connectivity index (χ1v) is 13.4. The second-order valence-electron chi connectivity index (χ2n) is 9.55. The minimum absolute atomic E-state index is 0.0298. The van der Waals surface area contributed by atoms with Gasteiger partial charge in [-0.1, -0.05) is 69.4 Å². The molecule has 0 saturated carbocycles. The lowest BCUT2D eigenvalue weighted by atomic mass is 10.0. The quantitative estimate of drug-likeness (QED) is 0.183. The van der Waals surface area contributed by atoms with Gasteiger partial charge in [0.05, 0.1) is 18.3 Å². The second-order valence-corrected chi connectivity index (χ2v) is 9.55. The summed E-state index contributed by atoms with van der Waals surface area (Å²) >= 11 is 0. The van der Waals surface area contributed by atoms with Crippen LogP contribution in [0.1, 0.15) is 96.0 Å². The molecule has 4 nitrogen and oxygen atoms in total. The van der Waals surface area contributed by atoms with Crippen LogP contribution in [0.4, 0.5) is 0 Å². The summed E-state index contributed by atoms with van der Waals surface area (Å²) in [6.07, 6.45) is 17.8. The van der Waals surface area contributed by atoms with Gasteiger partial charge in [0.2, 0.25) is 0 Å². The fourth-order valence-electron chi connectivity index (χ4n) is 4.63. The monoisotopic (exact) mass is 446 g/mol. The molecule has 2 fully saturated rings. The van der Waals surface area contributed by atoms with Crippen molar-refractivity contribution in [1.29, 1.82) is 0 Å². The van der Waals surface area contributed by atoms with Gasteiger partial charge in [0.25, 0.3) is 0 Å². The molecular formula is C28H46O4. The maximum absolute atomic E-state index is 6.34. The van der Waals surface area contributed by atoms with Gasteiger partial charge in [-0.3, -0.25) is 0 Å². The fourth-order valence-corrected chi connectivity index (χ4v) is 4.63. The van der Waals surface area contributed by atoms with E-state index in [4.69, 9.17) is 18.9 Å². The molecule has 4 heteroatoms. The SMILES string of the molecule is CCCCCCCCOC(CC[C@@H]1O[C@@H]1CCCOC1CCCCO1)Cc1ccccc1. The minimum Gasteiger partial charge on any atom is -0.378 e. The first kappa shape index (κ1) is 25.7. The zero-order chi connectivity index (χ0) is 22.3. The predicted octanol–water partition coefficient (Wildman–Crippen LogP) is 6.85. The van der Waals surface area contributed by atoms with Gasteiger partial charge in [0, 0.05) is 19.8 Å². The number of benzene rings is 1. The molecule has 0 aliphatic carbocycles. The van der Waals surface area contributed by atoms with Crippen molar-refractivity contribution in [2.45, 2.75) is 121 Å². The van der Waals surface area contributed by atoms with E-state index in [1.807, 2.05) is 0 Å². The molecule has 1 aromatic carbocycles. The maximum atomic E-state index is 6.34. The van der Waals surface area contributed by atoms with Crippen molar-refractivity contribution in [3.63, 3.8) is 0 Å². The third kappa shape index (κ3) is 10.8. The molecule has 1 aromatic rings. The minimum atomic E-state index is 0.0298. The van der Waals surface area contributed by atoms with E-state index in [1.165, 1.54) is 56.9 Å². The largest absolute Gasteiger partial charge is 0.378 e. The van der Waals surface area contributed by atoms with Gasteiger partial charge in [-0.25, -0.2) is 0 Å². The molecule has 0 spiro atoms. The number of hydrogen-bond acceptors (Lipinski definition) is 4. The first-order valence-electron chi connectivity index (χ1n) is 13.4. The van der Waals surface area contributed by atoms with Gasteiger partial charge in [0.1, 0.15) is 0 Å². The van der Waals surface area contributed by atoms with E-state index in [9.17, 15) is 0 Å². The Kier molecular flexibility index (Phi) is 12.7. The Labute approximate surface area is 196 Å². The lowest BCUT2D eigenvalue weighted by Gasteiger charge is -2.22. The lowest BCUT2D eigenvalue weighted by Crippen LogP contribution is -2.22. The van der Waals surface area contributed by atoms with Crippen molar-refractivity contribution in [3.05, 3.63) is 35.9 Å². The molecule has 0 radical (unpaired) electrons. The Hall–Kier alpha value is -0.940. The summed E-state index contributed by atoms with van der Waals surface area (Å²) in [7, 11) is 0. The average Bonchev–Trinajstić information content (AvgIpc) is 3.59. The number of rotatable bonds is 18. The summed E-state index contributed by atoms with van der Waals surface area (Å²) < 4.78 is 23.8. The summed E-state index contributed by atoms with van der Waals surface area (Å²) in [6, 6.07) is 10.8. The Bertz CT molecular complexity index is 572. The molecule has 2 heterocycles. The fraction of sp³-hybridized carbons (Fsp3) is 0.786. The second kappa shape index (κ2) is 15.8. The van der Waals surface area contributed by atoms with Crippen molar-refractivity contribution < 1.29 is 18.9 Å². The maximum Gasteiger partial charge on any atom is 0.157 e. The Balaban J connectivity index is 1.28. The zero-order valence-corrected chi connectivity index (χ0v) is 20.3. The Morgan fingerprint density at radius 3 is 2.53 bits per heavy atom. The molecular weight excluding hydrogens is 400 g/mol. The molecule has 0 amide bonds. The van der Waals surface area contributed by atoms with E-state index in [2.05, 4.69) is 37.3 Å². The molecule has 0 aromatic heterocycles. The molecule has 32 heavy (non-hydrogen) atoms. The van der Waals surface area contributed by atoms with E-state index < -0.39 is 0 Å². The number of unbranched alkanes of at least 4 members (excludes halogenated alkanes) is 5. The van der Waals surface area contributed by atoms with Crippen LogP contribution in [0.15, 0.2) is 30.3 Å². The van der Waals surface area contributed by atoms with E-state index in [-0.39, 0.29) is 6.29 Å². The molecule has 182 valence electrons. The molecule has 0 N–H and O–H groups in total. The van der Waals surface area contributed by atoms with Crippen LogP contribution in [-0.2, 0) is 25.4 Å². The summed E-state index contributed by atoms with van der Waals surface area (Å²) in [5, 5.41) is 0. The molecule has 2 aliphatic rings. The molecule has 2 saturated heterocycles. The van der Waals surface area contributed by atoms with Crippen molar-refractivity contribution in [3.8, 4) is 0 Å². The van der Waals surface area contributed by atoms with E-state index in [1.54, 1.807) is 0 Å².